The molecule has 32 heavy (non-hydrogen) atoms. The molecule has 0 aliphatic heterocycles. The number of carbonyl (C=O) groups is 2. The molecule has 0 spiro atoms. The molecule has 0 aromatic heterocycles. The summed E-state index contributed by atoms with van der Waals surface area (Å²) in [7, 11) is 0. The monoisotopic (exact) mass is 489 g/mol. The molecule has 2 N–H and O–H groups in total. The summed E-state index contributed by atoms with van der Waals surface area (Å²) in [5.41, 5.74) is 3.73. The molecule has 164 valence electrons. The molecule has 0 fully saturated rings. The van der Waals surface area contributed by atoms with Crippen LogP contribution in [0.2, 0.25) is 15.1 Å². The van der Waals surface area contributed by atoms with E-state index in [-0.39, 0.29) is 25.2 Å². The van der Waals surface area contributed by atoms with Crippen LogP contribution in [0, 0.1) is 22.7 Å². The third-order valence-corrected chi connectivity index (χ3v) is 5.07. The predicted octanol–water partition coefficient (Wildman–Crippen LogP) is 5.45. The molecule has 2 rings (SSSR count). The van der Waals surface area contributed by atoms with Gasteiger partial charge in [-0.3, -0.25) is 9.59 Å². The molecule has 2 amide bonds. The topological polar surface area (TPSA) is 118 Å². The number of benzene rings is 2. The van der Waals surface area contributed by atoms with Gasteiger partial charge in [0.25, 0.3) is 5.91 Å². The Morgan fingerprint density at radius 1 is 0.969 bits per heavy atom. The van der Waals surface area contributed by atoms with Crippen molar-refractivity contribution in [2.24, 2.45) is 5.10 Å². The van der Waals surface area contributed by atoms with Gasteiger partial charge in [0, 0.05) is 16.5 Å². The number of rotatable bonds is 9. The fraction of sp³-hybridized carbons (Fsp3) is 0.227. The van der Waals surface area contributed by atoms with Gasteiger partial charge in [0.15, 0.2) is 0 Å². The second kappa shape index (κ2) is 12.7. The number of halogens is 3. The van der Waals surface area contributed by atoms with Crippen molar-refractivity contribution in [3.63, 3.8) is 0 Å². The summed E-state index contributed by atoms with van der Waals surface area (Å²) in [4.78, 5) is 24.0. The minimum absolute atomic E-state index is 0.128. The summed E-state index contributed by atoms with van der Waals surface area (Å²) in [5, 5.41) is 26.4. The molecule has 0 saturated heterocycles. The molecule has 0 heterocycles. The van der Waals surface area contributed by atoms with E-state index in [1.165, 1.54) is 6.07 Å². The van der Waals surface area contributed by atoms with Crippen LogP contribution >= 0.6 is 34.8 Å². The zero-order valence-corrected chi connectivity index (χ0v) is 19.0. The van der Waals surface area contributed by atoms with E-state index in [2.05, 4.69) is 21.9 Å². The normalized spacial score (nSPS) is 11.7. The van der Waals surface area contributed by atoms with Crippen molar-refractivity contribution < 1.29 is 9.59 Å². The number of nitriles is 2. The Morgan fingerprint density at radius 2 is 1.66 bits per heavy atom. The molecular formula is C22H18Cl3N5O2. The Bertz CT molecular complexity index is 1090. The van der Waals surface area contributed by atoms with Gasteiger partial charge in [0.2, 0.25) is 5.91 Å². The lowest BCUT2D eigenvalue weighted by Crippen LogP contribution is -2.22. The second-order valence-electron chi connectivity index (χ2n) is 6.61. The van der Waals surface area contributed by atoms with Gasteiger partial charge in [0.1, 0.15) is 12.3 Å². The van der Waals surface area contributed by atoms with Crippen molar-refractivity contribution >= 4 is 58.0 Å². The van der Waals surface area contributed by atoms with Gasteiger partial charge in [-0.1, -0.05) is 46.9 Å². The van der Waals surface area contributed by atoms with Crippen LogP contribution in [0.1, 0.15) is 37.2 Å². The standard InChI is InChI=1S/C22H18Cl3N5O2/c23-15-6-4-14(5-7-15)17(13-27)19(29-30-22(32)10-11-26)2-1-3-21(31)28-20-9-8-16(24)12-18(20)25/h4-9,12,17H,1-3,10H2,(H,28,31)(H,30,32)/b29-19-/t17-/m1/s1. The minimum atomic E-state index is -0.761. The van der Waals surface area contributed by atoms with Crippen LogP contribution in [0.15, 0.2) is 47.6 Å². The zero-order valence-electron chi connectivity index (χ0n) is 16.7. The van der Waals surface area contributed by atoms with Gasteiger partial charge >= 0.3 is 0 Å². The van der Waals surface area contributed by atoms with Crippen molar-refractivity contribution in [3.05, 3.63) is 63.1 Å². The first-order valence-corrected chi connectivity index (χ1v) is 10.6. The lowest BCUT2D eigenvalue weighted by molar-refractivity contribution is -0.120. The average molecular weight is 491 g/mol. The van der Waals surface area contributed by atoms with Gasteiger partial charge in [-0.15, -0.1) is 0 Å². The smallest absolute Gasteiger partial charge is 0.254 e. The Balaban J connectivity index is 2.08. The Labute approximate surface area is 200 Å². The molecule has 2 aromatic rings. The van der Waals surface area contributed by atoms with Gasteiger partial charge in [-0.2, -0.15) is 15.6 Å². The summed E-state index contributed by atoms with van der Waals surface area (Å²) >= 11 is 17.8. The molecule has 0 unspecified atom stereocenters. The molecule has 7 nitrogen and oxygen atoms in total. The van der Waals surface area contributed by atoms with Gasteiger partial charge in [-0.05, 0) is 48.7 Å². The van der Waals surface area contributed by atoms with Gasteiger partial charge in [0.05, 0.1) is 28.6 Å². The summed E-state index contributed by atoms with van der Waals surface area (Å²) in [6, 6.07) is 15.3. The Hall–Kier alpha value is -3.10. The van der Waals surface area contributed by atoms with Gasteiger partial charge < -0.3 is 5.32 Å². The predicted molar refractivity (Wildman–Crippen MR) is 125 cm³/mol. The number of amides is 2. The molecular weight excluding hydrogens is 473 g/mol. The first-order chi connectivity index (χ1) is 15.3. The van der Waals surface area contributed by atoms with Crippen LogP contribution in [0.5, 0.6) is 0 Å². The highest BCUT2D eigenvalue weighted by molar-refractivity contribution is 6.36. The molecule has 0 bridgehead atoms. The van der Waals surface area contributed by atoms with E-state index in [4.69, 9.17) is 40.1 Å². The molecule has 0 aliphatic carbocycles. The lowest BCUT2D eigenvalue weighted by Gasteiger charge is -2.14. The van der Waals surface area contributed by atoms with Crippen LogP contribution in [0.25, 0.3) is 0 Å². The van der Waals surface area contributed by atoms with Crippen molar-refractivity contribution in [3.8, 4) is 12.1 Å². The summed E-state index contributed by atoms with van der Waals surface area (Å²) in [6.07, 6.45) is 0.382. The SMILES string of the molecule is N#CCC(=O)N/N=C(/CCCC(=O)Nc1ccc(Cl)cc1Cl)[C@H](C#N)c1ccc(Cl)cc1. The first-order valence-electron chi connectivity index (χ1n) is 9.46. The summed E-state index contributed by atoms with van der Waals surface area (Å²) in [5.74, 6) is -1.63. The fourth-order valence-corrected chi connectivity index (χ4v) is 3.32. The maximum atomic E-state index is 12.3. The van der Waals surface area contributed by atoms with Crippen molar-refractivity contribution in [2.75, 3.05) is 5.32 Å². The van der Waals surface area contributed by atoms with Crippen molar-refractivity contribution in [1.82, 2.24) is 5.43 Å². The quantitative estimate of drug-likeness (QED) is 0.359. The third-order valence-electron chi connectivity index (χ3n) is 4.27. The fourth-order valence-electron chi connectivity index (χ4n) is 2.74. The maximum Gasteiger partial charge on any atom is 0.254 e. The zero-order chi connectivity index (χ0) is 23.5. The number of nitrogens with one attached hydrogen (secondary N) is 2. The first kappa shape index (κ1) is 25.2. The van der Waals surface area contributed by atoms with Gasteiger partial charge in [-0.25, -0.2) is 5.43 Å². The highest BCUT2D eigenvalue weighted by Gasteiger charge is 2.19. The highest BCUT2D eigenvalue weighted by Crippen LogP contribution is 2.26. The highest BCUT2D eigenvalue weighted by atomic mass is 35.5. The third kappa shape index (κ3) is 7.86. The molecule has 0 saturated carbocycles. The Morgan fingerprint density at radius 3 is 2.28 bits per heavy atom. The van der Waals surface area contributed by atoms with Crippen molar-refractivity contribution in [1.29, 1.82) is 10.5 Å². The summed E-state index contributed by atoms with van der Waals surface area (Å²) < 4.78 is 0. The number of hydrogen-bond acceptors (Lipinski definition) is 5. The van der Waals surface area contributed by atoms with E-state index >= 15 is 0 Å². The van der Waals surface area contributed by atoms with E-state index in [1.54, 1.807) is 42.5 Å². The number of hydrogen-bond donors (Lipinski definition) is 2. The number of carbonyl (C=O) groups excluding carboxylic acids is 2. The van der Waals surface area contributed by atoms with Crippen LogP contribution in [-0.4, -0.2) is 17.5 Å². The van der Waals surface area contributed by atoms with E-state index in [9.17, 15) is 14.9 Å². The summed E-state index contributed by atoms with van der Waals surface area (Å²) in [6.45, 7) is 0. The number of hydrazone groups is 1. The molecule has 0 radical (unpaired) electrons. The van der Waals surface area contributed by atoms with E-state index in [1.807, 2.05) is 0 Å². The lowest BCUT2D eigenvalue weighted by atomic mass is 9.92. The van der Waals surface area contributed by atoms with Crippen LogP contribution < -0.4 is 10.7 Å². The largest absolute Gasteiger partial charge is 0.325 e. The van der Waals surface area contributed by atoms with E-state index in [0.717, 1.165) is 0 Å². The Kier molecular flexibility index (Phi) is 9.97. The molecule has 0 aliphatic rings. The minimum Gasteiger partial charge on any atom is -0.325 e. The average Bonchev–Trinajstić information content (AvgIpc) is 2.75. The van der Waals surface area contributed by atoms with Crippen molar-refractivity contribution in [2.45, 2.75) is 31.6 Å². The number of anilines is 1. The molecule has 10 heteroatoms. The van der Waals surface area contributed by atoms with Crippen LogP contribution in [-0.2, 0) is 9.59 Å². The van der Waals surface area contributed by atoms with Crippen LogP contribution in [0.4, 0.5) is 5.69 Å². The van der Waals surface area contributed by atoms with Crippen LogP contribution in [0.3, 0.4) is 0 Å². The maximum absolute atomic E-state index is 12.3. The second-order valence-corrected chi connectivity index (χ2v) is 7.89. The molecule has 1 atom stereocenters. The molecule has 2 aromatic carbocycles. The van der Waals surface area contributed by atoms with E-state index < -0.39 is 11.8 Å². The number of nitrogens with zero attached hydrogens (tertiary/aromatic N) is 3. The van der Waals surface area contributed by atoms with E-state index in [0.29, 0.717) is 38.5 Å².